The molecule has 0 amide bonds. The quantitative estimate of drug-likeness (QED) is 0.0261. The van der Waals surface area contributed by atoms with Crippen LogP contribution >= 0.6 is 0 Å². The van der Waals surface area contributed by atoms with Crippen molar-refractivity contribution in [3.8, 4) is 0 Å². The van der Waals surface area contributed by atoms with E-state index in [2.05, 4.69) is 81.5 Å². The zero-order chi connectivity index (χ0) is 52.9. The van der Waals surface area contributed by atoms with E-state index in [9.17, 15) is 14.4 Å². The number of unbranched alkanes of at least 4 members (excludes halogenated alkanes) is 37. The van der Waals surface area contributed by atoms with Crippen molar-refractivity contribution in [1.29, 1.82) is 0 Å². The summed E-state index contributed by atoms with van der Waals surface area (Å²) in [5, 5.41) is 0. The first-order chi connectivity index (χ1) is 36.0. The van der Waals surface area contributed by atoms with E-state index in [1.807, 2.05) is 0 Å². The van der Waals surface area contributed by atoms with Crippen LogP contribution in [-0.2, 0) is 28.6 Å². The van der Waals surface area contributed by atoms with Crippen LogP contribution in [-0.4, -0.2) is 37.2 Å². The lowest BCUT2D eigenvalue weighted by molar-refractivity contribution is -0.167. The Kier molecular flexibility index (Phi) is 59.2. The third kappa shape index (κ3) is 59.9. The molecule has 0 radical (unpaired) electrons. The monoisotopic (exact) mass is 1020 g/mol. The van der Waals surface area contributed by atoms with Crippen molar-refractivity contribution in [3.05, 3.63) is 60.8 Å². The fourth-order valence-electron chi connectivity index (χ4n) is 9.19. The van der Waals surface area contributed by atoms with Crippen LogP contribution in [0.2, 0.25) is 0 Å². The van der Waals surface area contributed by atoms with E-state index in [-0.39, 0.29) is 31.1 Å². The maximum atomic E-state index is 12.9. The number of hydrogen-bond donors (Lipinski definition) is 0. The predicted octanol–water partition coefficient (Wildman–Crippen LogP) is 21.6. The Bertz CT molecular complexity index is 1310. The molecule has 424 valence electrons. The van der Waals surface area contributed by atoms with Crippen molar-refractivity contribution in [2.45, 2.75) is 335 Å². The molecule has 1 atom stereocenters. The molecule has 6 heteroatoms. The molecule has 0 aromatic heterocycles. The summed E-state index contributed by atoms with van der Waals surface area (Å²) in [7, 11) is 0. The zero-order valence-corrected chi connectivity index (χ0v) is 48.7. The Labute approximate surface area is 453 Å². The predicted molar refractivity (Wildman–Crippen MR) is 316 cm³/mol. The normalized spacial score (nSPS) is 12.4. The van der Waals surface area contributed by atoms with Crippen molar-refractivity contribution in [2.75, 3.05) is 13.2 Å². The Hall–Kier alpha value is -2.89. The topological polar surface area (TPSA) is 78.9 Å². The second-order valence-electron chi connectivity index (χ2n) is 21.3. The summed E-state index contributed by atoms with van der Waals surface area (Å²) in [6, 6.07) is 0. The molecular formula is C67H120O6. The Morgan fingerprint density at radius 3 is 0.795 bits per heavy atom. The third-order valence-corrected chi connectivity index (χ3v) is 14.0. The molecule has 0 N–H and O–H groups in total. The molecule has 0 spiro atoms. The first-order valence-electron chi connectivity index (χ1n) is 31.8. The maximum Gasteiger partial charge on any atom is 0.306 e. The number of esters is 3. The lowest BCUT2D eigenvalue weighted by Gasteiger charge is -2.18. The van der Waals surface area contributed by atoms with Gasteiger partial charge in [-0.15, -0.1) is 0 Å². The van der Waals surface area contributed by atoms with Gasteiger partial charge in [0.15, 0.2) is 6.10 Å². The number of hydrogen-bond acceptors (Lipinski definition) is 6. The molecule has 0 heterocycles. The lowest BCUT2D eigenvalue weighted by atomic mass is 10.0. The summed E-state index contributed by atoms with van der Waals surface area (Å²) in [6.45, 7) is 6.61. The molecule has 0 aliphatic heterocycles. The van der Waals surface area contributed by atoms with Gasteiger partial charge in [-0.2, -0.15) is 0 Å². The van der Waals surface area contributed by atoms with Crippen LogP contribution in [0, 0.1) is 0 Å². The zero-order valence-electron chi connectivity index (χ0n) is 48.7. The van der Waals surface area contributed by atoms with Crippen molar-refractivity contribution in [1.82, 2.24) is 0 Å². The highest BCUT2D eigenvalue weighted by atomic mass is 16.6. The molecule has 0 rings (SSSR count). The number of ether oxygens (including phenoxy) is 3. The van der Waals surface area contributed by atoms with Crippen molar-refractivity contribution >= 4 is 17.9 Å². The molecule has 0 bridgehead atoms. The first kappa shape index (κ1) is 70.1. The second kappa shape index (κ2) is 61.7. The summed E-state index contributed by atoms with van der Waals surface area (Å²) in [5.74, 6) is -0.894. The van der Waals surface area contributed by atoms with Crippen LogP contribution in [0.1, 0.15) is 329 Å². The summed E-state index contributed by atoms with van der Waals surface area (Å²) in [4.78, 5) is 38.3. The average Bonchev–Trinajstić information content (AvgIpc) is 3.39. The maximum absolute atomic E-state index is 12.9. The summed E-state index contributed by atoms with van der Waals surface area (Å²) < 4.78 is 16.9. The summed E-state index contributed by atoms with van der Waals surface area (Å²) in [5.41, 5.74) is 0. The molecule has 0 saturated heterocycles. The van der Waals surface area contributed by atoms with Crippen molar-refractivity contribution in [2.24, 2.45) is 0 Å². The molecule has 0 aromatic rings. The molecule has 0 saturated carbocycles. The van der Waals surface area contributed by atoms with Gasteiger partial charge >= 0.3 is 17.9 Å². The van der Waals surface area contributed by atoms with E-state index in [0.717, 1.165) is 96.3 Å². The SMILES string of the molecule is CCCCC/C=C\C/C=C\C/C=C\CCCCCCC(=O)OC[C@H](COC(=O)CCCCCCCCC/C=C\C/C=C\CCCCC)OC(=O)CCCCCCCCCCCCCCCCCCCCCCC. The van der Waals surface area contributed by atoms with Crippen LogP contribution in [0.3, 0.4) is 0 Å². The van der Waals surface area contributed by atoms with Crippen LogP contribution in [0.25, 0.3) is 0 Å². The van der Waals surface area contributed by atoms with Crippen LogP contribution in [0.5, 0.6) is 0 Å². The van der Waals surface area contributed by atoms with Gasteiger partial charge in [-0.25, -0.2) is 0 Å². The molecule has 0 fully saturated rings. The van der Waals surface area contributed by atoms with E-state index < -0.39 is 6.10 Å². The standard InChI is InChI=1S/C67H120O6/c1-4-7-10-13-16-19-22-25-28-31-32-33-34-37-40-43-46-49-52-55-58-61-67(70)73-64(62-71-65(68)59-56-53-50-47-44-41-38-35-29-26-23-20-17-14-11-8-5-2)63-72-66(69)60-57-54-51-48-45-42-39-36-30-27-24-21-18-15-12-9-6-3/h17-18,20-21,26-27,29-30,38,41,64H,4-16,19,22-25,28,31-37,39-40,42-63H2,1-3H3/b20-17-,21-18-,29-26-,30-27-,41-38-/t64-/m1/s1. The van der Waals surface area contributed by atoms with Crippen LogP contribution in [0.4, 0.5) is 0 Å². The van der Waals surface area contributed by atoms with E-state index in [4.69, 9.17) is 14.2 Å². The minimum Gasteiger partial charge on any atom is -0.462 e. The molecule has 0 aromatic carbocycles. The van der Waals surface area contributed by atoms with Gasteiger partial charge in [-0.3, -0.25) is 14.4 Å². The molecule has 73 heavy (non-hydrogen) atoms. The van der Waals surface area contributed by atoms with Gasteiger partial charge in [0.1, 0.15) is 13.2 Å². The van der Waals surface area contributed by atoms with Gasteiger partial charge in [-0.05, 0) is 89.9 Å². The van der Waals surface area contributed by atoms with Crippen LogP contribution < -0.4 is 0 Å². The first-order valence-corrected chi connectivity index (χ1v) is 31.8. The van der Waals surface area contributed by atoms with Gasteiger partial charge in [0.2, 0.25) is 0 Å². The molecule has 0 aliphatic carbocycles. The minimum atomic E-state index is -0.786. The number of carbonyl (C=O) groups is 3. The molecular weight excluding hydrogens is 901 g/mol. The van der Waals surface area contributed by atoms with E-state index in [1.165, 1.54) is 193 Å². The number of carbonyl (C=O) groups excluding carboxylic acids is 3. The highest BCUT2D eigenvalue weighted by Gasteiger charge is 2.19. The third-order valence-electron chi connectivity index (χ3n) is 14.0. The number of rotatable bonds is 58. The lowest BCUT2D eigenvalue weighted by Crippen LogP contribution is -2.30. The smallest absolute Gasteiger partial charge is 0.306 e. The van der Waals surface area contributed by atoms with Gasteiger partial charge in [0, 0.05) is 19.3 Å². The van der Waals surface area contributed by atoms with E-state index >= 15 is 0 Å². The van der Waals surface area contributed by atoms with Gasteiger partial charge < -0.3 is 14.2 Å². The Morgan fingerprint density at radius 2 is 0.493 bits per heavy atom. The minimum absolute atomic E-state index is 0.0830. The summed E-state index contributed by atoms with van der Waals surface area (Å²) in [6.07, 6.45) is 77.9. The van der Waals surface area contributed by atoms with Gasteiger partial charge in [0.05, 0.1) is 0 Å². The Balaban J connectivity index is 4.38. The highest BCUT2D eigenvalue weighted by molar-refractivity contribution is 5.71. The molecule has 0 unspecified atom stereocenters. The highest BCUT2D eigenvalue weighted by Crippen LogP contribution is 2.17. The molecule has 0 aliphatic rings. The van der Waals surface area contributed by atoms with E-state index in [1.54, 1.807) is 0 Å². The van der Waals surface area contributed by atoms with E-state index in [0.29, 0.717) is 19.3 Å². The second-order valence-corrected chi connectivity index (χ2v) is 21.3. The van der Waals surface area contributed by atoms with Crippen molar-refractivity contribution in [3.63, 3.8) is 0 Å². The Morgan fingerprint density at radius 1 is 0.274 bits per heavy atom. The van der Waals surface area contributed by atoms with Gasteiger partial charge in [-0.1, -0.05) is 281 Å². The number of allylic oxidation sites excluding steroid dienone is 10. The average molecular weight is 1020 g/mol. The fourth-order valence-corrected chi connectivity index (χ4v) is 9.19. The fraction of sp³-hybridized carbons (Fsp3) is 0.806. The van der Waals surface area contributed by atoms with Crippen molar-refractivity contribution < 1.29 is 28.6 Å². The summed E-state index contributed by atoms with van der Waals surface area (Å²) >= 11 is 0. The largest absolute Gasteiger partial charge is 0.462 e. The van der Waals surface area contributed by atoms with Crippen LogP contribution in [0.15, 0.2) is 60.8 Å². The molecule has 6 nitrogen and oxygen atoms in total. The van der Waals surface area contributed by atoms with Gasteiger partial charge in [0.25, 0.3) is 0 Å².